The highest BCUT2D eigenvalue weighted by molar-refractivity contribution is 7.89. The second-order valence-electron chi connectivity index (χ2n) is 7.21. The largest absolute Gasteiger partial charge is 0.497 e. The average Bonchev–Trinajstić information content (AvgIpc) is 3.18. The van der Waals surface area contributed by atoms with Gasteiger partial charge in [0.2, 0.25) is 10.0 Å². The lowest BCUT2D eigenvalue weighted by Crippen LogP contribution is -2.55. The zero-order valence-corrected chi connectivity index (χ0v) is 17.1. The fourth-order valence-corrected chi connectivity index (χ4v) is 5.79. The van der Waals surface area contributed by atoms with E-state index in [1.54, 1.807) is 66.6 Å². The number of rotatable bonds is 4. The molecule has 0 unspecified atom stereocenters. The van der Waals surface area contributed by atoms with Gasteiger partial charge in [0.05, 0.1) is 18.6 Å². The third kappa shape index (κ3) is 3.63. The van der Waals surface area contributed by atoms with Crippen molar-refractivity contribution in [3.05, 3.63) is 60.2 Å². The van der Waals surface area contributed by atoms with Crippen molar-refractivity contribution in [1.82, 2.24) is 9.21 Å². The summed E-state index contributed by atoms with van der Waals surface area (Å²) in [6.45, 7) is 1.53. The van der Waals surface area contributed by atoms with Crippen LogP contribution in [0.25, 0.3) is 0 Å². The van der Waals surface area contributed by atoms with Crippen LogP contribution in [0, 0.1) is 0 Å². The molecule has 0 N–H and O–H groups in total. The van der Waals surface area contributed by atoms with Gasteiger partial charge in [-0.05, 0) is 30.3 Å². The minimum Gasteiger partial charge on any atom is -0.497 e. The zero-order valence-electron chi connectivity index (χ0n) is 16.3. The summed E-state index contributed by atoms with van der Waals surface area (Å²) >= 11 is 0. The standard InChI is InChI=1S/C21H24N2O5S/c1-27-18-7-5-6-17(16-18)20(24)22-12-10-21(11-13-22)23(14-15-28-21)29(25,26)19-8-3-2-4-9-19/h2-9,16H,10-15H2,1H3. The number of amides is 1. The van der Waals surface area contributed by atoms with E-state index in [0.29, 0.717) is 50.4 Å². The number of ether oxygens (including phenoxy) is 2. The Kier molecular flexibility index (Phi) is 5.33. The first-order valence-electron chi connectivity index (χ1n) is 9.61. The van der Waals surface area contributed by atoms with Crippen LogP contribution in [0.1, 0.15) is 23.2 Å². The number of benzene rings is 2. The van der Waals surface area contributed by atoms with E-state index in [1.807, 2.05) is 0 Å². The van der Waals surface area contributed by atoms with Gasteiger partial charge in [-0.3, -0.25) is 4.79 Å². The Morgan fingerprint density at radius 3 is 2.45 bits per heavy atom. The number of hydrogen-bond acceptors (Lipinski definition) is 5. The van der Waals surface area contributed by atoms with E-state index in [-0.39, 0.29) is 10.8 Å². The van der Waals surface area contributed by atoms with Gasteiger partial charge in [-0.25, -0.2) is 8.42 Å². The van der Waals surface area contributed by atoms with Crippen LogP contribution >= 0.6 is 0 Å². The van der Waals surface area contributed by atoms with Crippen LogP contribution in [0.2, 0.25) is 0 Å². The lowest BCUT2D eigenvalue weighted by molar-refractivity contribution is -0.0857. The molecule has 2 aromatic carbocycles. The number of carbonyl (C=O) groups is 1. The summed E-state index contributed by atoms with van der Waals surface area (Å²) in [5.74, 6) is 0.540. The quantitative estimate of drug-likeness (QED) is 0.765. The number of likely N-dealkylation sites (tertiary alicyclic amines) is 1. The molecule has 0 bridgehead atoms. The van der Waals surface area contributed by atoms with Gasteiger partial charge >= 0.3 is 0 Å². The Labute approximate surface area is 170 Å². The Morgan fingerprint density at radius 2 is 1.76 bits per heavy atom. The molecule has 2 fully saturated rings. The highest BCUT2D eigenvalue weighted by Gasteiger charge is 2.50. The number of carbonyl (C=O) groups excluding carboxylic acids is 1. The van der Waals surface area contributed by atoms with E-state index in [2.05, 4.69) is 0 Å². The Morgan fingerprint density at radius 1 is 1.03 bits per heavy atom. The molecule has 8 heteroatoms. The van der Waals surface area contributed by atoms with Crippen molar-refractivity contribution in [2.45, 2.75) is 23.5 Å². The molecule has 2 aromatic rings. The predicted octanol–water partition coefficient (Wildman–Crippen LogP) is 2.35. The van der Waals surface area contributed by atoms with Crippen LogP contribution in [0.15, 0.2) is 59.5 Å². The molecule has 2 aliphatic heterocycles. The SMILES string of the molecule is COc1cccc(C(=O)N2CCC3(CC2)OCCN3S(=O)(=O)c2ccccc2)c1. The summed E-state index contributed by atoms with van der Waals surface area (Å²) in [4.78, 5) is 14.9. The average molecular weight is 416 g/mol. The molecule has 0 atom stereocenters. The summed E-state index contributed by atoms with van der Waals surface area (Å²) in [5, 5.41) is 0. The lowest BCUT2D eigenvalue weighted by Gasteiger charge is -2.42. The molecular formula is C21H24N2O5S. The second-order valence-corrected chi connectivity index (χ2v) is 9.07. The highest BCUT2D eigenvalue weighted by Crippen LogP contribution is 2.38. The molecule has 154 valence electrons. The predicted molar refractivity (Wildman–Crippen MR) is 107 cm³/mol. The van der Waals surface area contributed by atoms with Crippen molar-refractivity contribution in [3.63, 3.8) is 0 Å². The normalized spacial score (nSPS) is 19.4. The first kappa shape index (κ1) is 19.9. The van der Waals surface area contributed by atoms with Crippen molar-refractivity contribution >= 4 is 15.9 Å². The molecule has 0 saturated carbocycles. The zero-order chi connectivity index (χ0) is 20.5. The summed E-state index contributed by atoms with van der Waals surface area (Å²) in [6.07, 6.45) is 0.879. The summed E-state index contributed by atoms with van der Waals surface area (Å²) in [5.41, 5.74) is -0.332. The summed E-state index contributed by atoms with van der Waals surface area (Å²) in [7, 11) is -2.09. The molecule has 2 saturated heterocycles. The van der Waals surface area contributed by atoms with Crippen LogP contribution in [0.5, 0.6) is 5.75 Å². The van der Waals surface area contributed by atoms with Crippen LogP contribution in [-0.2, 0) is 14.8 Å². The van der Waals surface area contributed by atoms with Crippen molar-refractivity contribution < 1.29 is 22.7 Å². The van der Waals surface area contributed by atoms with Gasteiger partial charge in [-0.15, -0.1) is 0 Å². The summed E-state index contributed by atoms with van der Waals surface area (Å²) < 4.78 is 39.0. The van der Waals surface area contributed by atoms with Gasteiger partial charge < -0.3 is 14.4 Å². The van der Waals surface area contributed by atoms with Crippen LogP contribution < -0.4 is 4.74 Å². The Hall–Kier alpha value is -2.42. The minimum atomic E-state index is -3.66. The minimum absolute atomic E-state index is 0.0887. The molecule has 29 heavy (non-hydrogen) atoms. The maximum atomic E-state index is 13.2. The fourth-order valence-electron chi connectivity index (χ4n) is 4.04. The van der Waals surface area contributed by atoms with Crippen molar-refractivity contribution in [1.29, 1.82) is 0 Å². The maximum absolute atomic E-state index is 13.2. The molecular weight excluding hydrogens is 392 g/mol. The van der Waals surface area contributed by atoms with E-state index in [4.69, 9.17) is 9.47 Å². The molecule has 2 heterocycles. The molecule has 0 aliphatic carbocycles. The number of hydrogen-bond donors (Lipinski definition) is 0. The van der Waals surface area contributed by atoms with Crippen molar-refractivity contribution in [2.24, 2.45) is 0 Å². The van der Waals surface area contributed by atoms with E-state index in [9.17, 15) is 13.2 Å². The maximum Gasteiger partial charge on any atom is 0.253 e. The van der Waals surface area contributed by atoms with E-state index >= 15 is 0 Å². The number of sulfonamides is 1. The number of nitrogens with zero attached hydrogens (tertiary/aromatic N) is 2. The summed E-state index contributed by atoms with van der Waals surface area (Å²) in [6, 6.07) is 15.5. The Balaban J connectivity index is 1.51. The highest BCUT2D eigenvalue weighted by atomic mass is 32.2. The van der Waals surface area contributed by atoms with Crippen LogP contribution in [0.3, 0.4) is 0 Å². The molecule has 0 radical (unpaired) electrons. The molecule has 1 spiro atoms. The van der Waals surface area contributed by atoms with E-state index < -0.39 is 15.7 Å². The first-order chi connectivity index (χ1) is 14.0. The smallest absolute Gasteiger partial charge is 0.253 e. The molecule has 1 amide bonds. The molecule has 0 aromatic heterocycles. The van der Waals surface area contributed by atoms with Gasteiger partial charge in [0, 0.05) is 38.0 Å². The topological polar surface area (TPSA) is 76.2 Å². The fraction of sp³-hybridized carbons (Fsp3) is 0.381. The third-order valence-corrected chi connectivity index (χ3v) is 7.56. The molecule has 7 nitrogen and oxygen atoms in total. The second kappa shape index (κ2) is 7.78. The monoisotopic (exact) mass is 416 g/mol. The van der Waals surface area contributed by atoms with Crippen molar-refractivity contribution in [2.75, 3.05) is 33.4 Å². The van der Waals surface area contributed by atoms with E-state index in [1.165, 1.54) is 4.31 Å². The van der Waals surface area contributed by atoms with Crippen LogP contribution in [0.4, 0.5) is 0 Å². The van der Waals surface area contributed by atoms with Gasteiger partial charge in [-0.2, -0.15) is 4.31 Å². The molecule has 2 aliphatic rings. The third-order valence-electron chi connectivity index (χ3n) is 5.60. The van der Waals surface area contributed by atoms with E-state index in [0.717, 1.165) is 0 Å². The van der Waals surface area contributed by atoms with Gasteiger partial charge in [0.25, 0.3) is 5.91 Å². The van der Waals surface area contributed by atoms with Crippen molar-refractivity contribution in [3.8, 4) is 5.75 Å². The van der Waals surface area contributed by atoms with Crippen LogP contribution in [-0.4, -0.2) is 62.6 Å². The van der Waals surface area contributed by atoms with Gasteiger partial charge in [0.15, 0.2) is 0 Å². The Bertz CT molecular complexity index is 985. The molecule has 4 rings (SSSR count). The lowest BCUT2D eigenvalue weighted by atomic mass is 10.00. The first-order valence-corrected chi connectivity index (χ1v) is 11.1. The number of piperidine rings is 1. The van der Waals surface area contributed by atoms with Gasteiger partial charge in [0.1, 0.15) is 11.5 Å². The number of methoxy groups -OCH3 is 1. The van der Waals surface area contributed by atoms with Gasteiger partial charge in [-0.1, -0.05) is 24.3 Å².